The van der Waals surface area contributed by atoms with E-state index in [1.165, 1.54) is 38.5 Å². The van der Waals surface area contributed by atoms with E-state index in [4.69, 9.17) is 0 Å². The summed E-state index contributed by atoms with van der Waals surface area (Å²) in [6.45, 7) is 0. The van der Waals surface area contributed by atoms with E-state index >= 15 is 0 Å². The fourth-order valence-electron chi connectivity index (χ4n) is 4.39. The first-order valence-electron chi connectivity index (χ1n) is 5.44. The molecule has 4 fully saturated rings. The molecule has 1 nitrogen and oxygen atoms in total. The Hall–Kier alpha value is 0.213. The summed E-state index contributed by atoms with van der Waals surface area (Å²) in [4.78, 5) is 11.7. The van der Waals surface area contributed by atoms with Gasteiger partial charge >= 0.3 is 87.6 Å². The van der Waals surface area contributed by atoms with Gasteiger partial charge in [0.2, 0.25) is 0 Å². The first-order valence-corrected chi connectivity index (χ1v) is 6.49. The van der Waals surface area contributed by atoms with Crippen molar-refractivity contribution in [3.8, 4) is 0 Å². The molecule has 0 aromatic rings. The van der Waals surface area contributed by atoms with Crippen LogP contribution in [0, 0.1) is 23.2 Å². The molecule has 13 heavy (non-hydrogen) atoms. The van der Waals surface area contributed by atoms with E-state index in [2.05, 4.69) is 0 Å². The molecule has 4 aliphatic carbocycles. The number of hydrogen-bond donors (Lipinski definition) is 0. The number of carbonyl (C=O) groups is 1. The molecule has 0 saturated heterocycles. The maximum atomic E-state index is 11.7. The number of carbonyl (C=O) groups excluding carboxylic acids is 1. The Bertz CT molecular complexity index is 224. The van der Waals surface area contributed by atoms with Crippen molar-refractivity contribution in [2.24, 2.45) is 23.2 Å². The van der Waals surface area contributed by atoms with E-state index in [0.29, 0.717) is 4.62 Å². The van der Waals surface area contributed by atoms with Crippen LogP contribution < -0.4 is 0 Å². The van der Waals surface area contributed by atoms with Crippen molar-refractivity contribution in [3.05, 3.63) is 0 Å². The summed E-state index contributed by atoms with van der Waals surface area (Å²) in [5, 5.41) is 0. The zero-order valence-corrected chi connectivity index (χ0v) is 9.98. The monoisotopic (exact) mass is 237 g/mol. The second-order valence-electron chi connectivity index (χ2n) is 5.53. The molecule has 0 amide bonds. The van der Waals surface area contributed by atoms with E-state index in [1.54, 1.807) is 0 Å². The van der Waals surface area contributed by atoms with E-state index < -0.39 is 0 Å². The van der Waals surface area contributed by atoms with Crippen molar-refractivity contribution in [2.75, 3.05) is 0 Å². The predicted octanol–water partition coefficient (Wildman–Crippen LogP) is 1.90. The summed E-state index contributed by atoms with van der Waals surface area (Å²) in [7, 11) is 0. The molecule has 0 atom stereocenters. The fourth-order valence-corrected chi connectivity index (χ4v) is 5.03. The van der Waals surface area contributed by atoms with Crippen molar-refractivity contribution in [1.82, 2.24) is 0 Å². The van der Waals surface area contributed by atoms with E-state index in [-0.39, 0.29) is 5.41 Å². The van der Waals surface area contributed by atoms with Gasteiger partial charge in [-0.05, 0) is 0 Å². The van der Waals surface area contributed by atoms with E-state index in [1.807, 2.05) is 16.5 Å². The quantitative estimate of drug-likeness (QED) is 0.635. The fraction of sp³-hybridized carbons (Fsp3) is 0.909. The van der Waals surface area contributed by atoms with Crippen LogP contribution in [0.2, 0.25) is 0 Å². The SMILES string of the molecule is O=[C]([Ge])C12CC3CC(CC(C3)C1)C2. The van der Waals surface area contributed by atoms with Crippen LogP contribution in [-0.4, -0.2) is 21.1 Å². The van der Waals surface area contributed by atoms with Gasteiger partial charge in [-0.25, -0.2) is 0 Å². The summed E-state index contributed by atoms with van der Waals surface area (Å²) < 4.78 is 0.492. The third-order valence-corrected chi connectivity index (χ3v) is 5.63. The van der Waals surface area contributed by atoms with Crippen LogP contribution in [0.4, 0.5) is 0 Å². The van der Waals surface area contributed by atoms with Crippen LogP contribution in [0.3, 0.4) is 0 Å². The molecule has 4 bridgehead atoms. The Labute approximate surface area is 87.9 Å². The van der Waals surface area contributed by atoms with Gasteiger partial charge in [0, 0.05) is 0 Å². The van der Waals surface area contributed by atoms with Gasteiger partial charge in [-0.15, -0.1) is 0 Å². The van der Waals surface area contributed by atoms with Crippen LogP contribution in [-0.2, 0) is 4.79 Å². The van der Waals surface area contributed by atoms with Crippen LogP contribution in [0.5, 0.6) is 0 Å². The molecule has 0 aromatic heterocycles. The van der Waals surface area contributed by atoms with Crippen LogP contribution in [0.1, 0.15) is 38.5 Å². The van der Waals surface area contributed by atoms with Crippen molar-refractivity contribution in [3.63, 3.8) is 0 Å². The molecule has 3 radical (unpaired) electrons. The Balaban J connectivity index is 1.95. The van der Waals surface area contributed by atoms with Gasteiger partial charge in [0.1, 0.15) is 0 Å². The van der Waals surface area contributed by atoms with Crippen LogP contribution >= 0.6 is 0 Å². The molecule has 4 rings (SSSR count). The topological polar surface area (TPSA) is 17.1 Å². The van der Waals surface area contributed by atoms with Gasteiger partial charge in [-0.2, -0.15) is 0 Å². The normalized spacial score (nSPS) is 52.5. The minimum absolute atomic E-state index is 0.161. The molecule has 0 heterocycles. The van der Waals surface area contributed by atoms with Gasteiger partial charge in [0.05, 0.1) is 0 Å². The van der Waals surface area contributed by atoms with Gasteiger partial charge < -0.3 is 0 Å². The molecule has 69 valence electrons. The molecule has 0 N–H and O–H groups in total. The number of rotatable bonds is 1. The standard InChI is InChI=1S/C11H15GeO/c12-10(13)11-4-7-1-8(5-11)3-9(2-7)6-11/h7-9H,1-6H2. The summed E-state index contributed by atoms with van der Waals surface area (Å²) in [5.74, 6) is 2.74. The van der Waals surface area contributed by atoms with Gasteiger partial charge in [0.15, 0.2) is 0 Å². The van der Waals surface area contributed by atoms with Crippen molar-refractivity contribution in [2.45, 2.75) is 38.5 Å². The average molecular weight is 236 g/mol. The first kappa shape index (κ1) is 8.52. The molecule has 0 aromatic carbocycles. The molecule has 0 aliphatic heterocycles. The third-order valence-electron chi connectivity index (χ3n) is 4.52. The van der Waals surface area contributed by atoms with Gasteiger partial charge in [-0.1, -0.05) is 0 Å². The molecular formula is C11H15GeO. The second-order valence-corrected chi connectivity index (χ2v) is 6.48. The Morgan fingerprint density at radius 1 is 1.00 bits per heavy atom. The van der Waals surface area contributed by atoms with Crippen molar-refractivity contribution >= 4 is 21.1 Å². The second kappa shape index (κ2) is 2.62. The van der Waals surface area contributed by atoms with E-state index in [9.17, 15) is 4.79 Å². The first-order chi connectivity index (χ1) is 6.18. The van der Waals surface area contributed by atoms with Crippen LogP contribution in [0.25, 0.3) is 0 Å². The average Bonchev–Trinajstić information content (AvgIpc) is 2.00. The molecular weight excluding hydrogens is 221 g/mol. The van der Waals surface area contributed by atoms with Gasteiger partial charge in [-0.3, -0.25) is 0 Å². The third kappa shape index (κ3) is 1.15. The Morgan fingerprint density at radius 2 is 1.38 bits per heavy atom. The van der Waals surface area contributed by atoms with Crippen LogP contribution in [0.15, 0.2) is 0 Å². The molecule has 4 saturated carbocycles. The molecule has 0 spiro atoms. The summed E-state index contributed by atoms with van der Waals surface area (Å²) >= 11 is 1.83. The maximum absolute atomic E-state index is 11.7. The van der Waals surface area contributed by atoms with Crippen molar-refractivity contribution in [1.29, 1.82) is 0 Å². The summed E-state index contributed by atoms with van der Waals surface area (Å²) in [6, 6.07) is 0. The minimum atomic E-state index is 0.161. The zero-order chi connectivity index (χ0) is 9.05. The summed E-state index contributed by atoms with van der Waals surface area (Å²) in [6.07, 6.45) is 8.00. The molecule has 4 aliphatic rings. The van der Waals surface area contributed by atoms with Crippen molar-refractivity contribution < 1.29 is 4.79 Å². The zero-order valence-electron chi connectivity index (χ0n) is 7.88. The van der Waals surface area contributed by atoms with E-state index in [0.717, 1.165) is 17.8 Å². The molecule has 2 heteroatoms. The Kier molecular flexibility index (Phi) is 1.72. The molecule has 0 unspecified atom stereocenters. The summed E-state index contributed by atoms with van der Waals surface area (Å²) in [5.41, 5.74) is 0.161. The predicted molar refractivity (Wildman–Crippen MR) is 51.4 cm³/mol. The van der Waals surface area contributed by atoms with Gasteiger partial charge in [0.25, 0.3) is 0 Å². The number of hydrogen-bond acceptors (Lipinski definition) is 1. The Morgan fingerprint density at radius 3 is 1.69 bits per heavy atom.